The molecular weight excluding hydrogens is 494 g/mol. The molecule has 6 nitrogen and oxygen atoms in total. The predicted molar refractivity (Wildman–Crippen MR) is 145 cm³/mol. The molecule has 5 aromatic rings. The molecule has 0 unspecified atom stereocenters. The lowest BCUT2D eigenvalue weighted by Gasteiger charge is -2.12. The Kier molecular flexibility index (Phi) is 6.41. The fourth-order valence-corrected chi connectivity index (χ4v) is 5.20. The molecule has 0 fully saturated rings. The number of para-hydroxylation sites is 1. The van der Waals surface area contributed by atoms with E-state index in [1.165, 1.54) is 36.4 Å². The summed E-state index contributed by atoms with van der Waals surface area (Å²) < 4.78 is 28.1. The van der Waals surface area contributed by atoms with Gasteiger partial charge in [0.1, 0.15) is 0 Å². The fraction of sp³-hybridized carbons (Fsp3) is 0. The topological polar surface area (TPSA) is 87.6 Å². The van der Waals surface area contributed by atoms with Crippen LogP contribution in [0, 0.1) is 0 Å². The predicted octanol–water partition coefficient (Wildman–Crippen LogP) is 6.21. The van der Waals surface area contributed by atoms with Gasteiger partial charge in [0.25, 0.3) is 15.9 Å². The zero-order chi connectivity index (χ0) is 25.1. The van der Waals surface area contributed by atoms with Crippen molar-refractivity contribution in [2.24, 2.45) is 5.10 Å². The summed E-state index contributed by atoms with van der Waals surface area (Å²) in [5, 5.41) is 8.76. The molecule has 0 aliphatic heterocycles. The van der Waals surface area contributed by atoms with E-state index in [9.17, 15) is 13.2 Å². The minimum Gasteiger partial charge on any atom is -0.279 e. The van der Waals surface area contributed by atoms with Crippen molar-refractivity contribution in [3.63, 3.8) is 0 Å². The highest BCUT2D eigenvalue weighted by Crippen LogP contribution is 2.27. The maximum Gasteiger partial charge on any atom is 0.273 e. The number of fused-ring (bicyclic) bond motifs is 2. The third-order valence-electron chi connectivity index (χ3n) is 5.71. The van der Waals surface area contributed by atoms with E-state index < -0.39 is 15.9 Å². The van der Waals surface area contributed by atoms with Crippen molar-refractivity contribution in [1.82, 2.24) is 5.43 Å². The highest BCUT2D eigenvalue weighted by Gasteiger charge is 2.18. The molecule has 0 spiro atoms. The summed E-state index contributed by atoms with van der Waals surface area (Å²) in [4.78, 5) is 13.0. The second-order valence-corrected chi connectivity index (χ2v) is 10.2. The van der Waals surface area contributed by atoms with Gasteiger partial charge in [0, 0.05) is 10.6 Å². The minimum absolute atomic E-state index is 0.0305. The standard InChI is InChI=1S/C28H20ClN3O3S/c29-21-13-15-22(16-14-21)36(34,35)32-27-12-6-5-11-25(27)28(33)31-30-18-26-23-9-3-1-7-19(23)17-20-8-2-4-10-24(20)26/h1-18,32H,(H,31,33)/b30-18+. The molecule has 8 heteroatoms. The number of carbonyl (C=O) groups is 1. The van der Waals surface area contributed by atoms with Gasteiger partial charge < -0.3 is 0 Å². The second-order valence-electron chi connectivity index (χ2n) is 8.04. The molecule has 1 amide bonds. The number of sulfonamides is 1. The number of benzene rings is 5. The molecule has 5 aromatic carbocycles. The van der Waals surface area contributed by atoms with Gasteiger partial charge in [-0.2, -0.15) is 5.10 Å². The van der Waals surface area contributed by atoms with E-state index in [1.807, 2.05) is 48.5 Å². The molecule has 0 heterocycles. The van der Waals surface area contributed by atoms with Crippen molar-refractivity contribution in [1.29, 1.82) is 0 Å². The summed E-state index contributed by atoms with van der Waals surface area (Å²) in [7, 11) is -3.93. The molecule has 0 atom stereocenters. The van der Waals surface area contributed by atoms with Gasteiger partial charge >= 0.3 is 0 Å². The molecule has 2 N–H and O–H groups in total. The molecule has 0 radical (unpaired) electrons. The Hall–Kier alpha value is -4.20. The van der Waals surface area contributed by atoms with Crippen LogP contribution in [0.5, 0.6) is 0 Å². The molecule has 0 saturated carbocycles. The highest BCUT2D eigenvalue weighted by molar-refractivity contribution is 7.92. The van der Waals surface area contributed by atoms with E-state index in [1.54, 1.807) is 18.3 Å². The van der Waals surface area contributed by atoms with Crippen molar-refractivity contribution in [2.75, 3.05) is 4.72 Å². The number of anilines is 1. The molecule has 0 aliphatic carbocycles. The van der Waals surface area contributed by atoms with Crippen LogP contribution in [0.4, 0.5) is 5.69 Å². The van der Waals surface area contributed by atoms with Gasteiger partial charge in [0.05, 0.1) is 22.4 Å². The van der Waals surface area contributed by atoms with Crippen LogP contribution in [0.25, 0.3) is 21.5 Å². The van der Waals surface area contributed by atoms with E-state index in [2.05, 4.69) is 21.3 Å². The zero-order valence-electron chi connectivity index (χ0n) is 18.9. The molecular formula is C28H20ClN3O3S. The van der Waals surface area contributed by atoms with E-state index in [0.717, 1.165) is 27.1 Å². The van der Waals surface area contributed by atoms with Gasteiger partial charge in [-0.15, -0.1) is 0 Å². The normalized spacial score (nSPS) is 11.7. The minimum atomic E-state index is -3.93. The van der Waals surface area contributed by atoms with Crippen molar-refractivity contribution < 1.29 is 13.2 Å². The molecule has 5 rings (SSSR count). The molecule has 0 bridgehead atoms. The monoisotopic (exact) mass is 513 g/mol. The first-order valence-electron chi connectivity index (χ1n) is 11.0. The summed E-state index contributed by atoms with van der Waals surface area (Å²) in [6, 6.07) is 30.1. The Balaban J connectivity index is 1.42. The van der Waals surface area contributed by atoms with E-state index in [-0.39, 0.29) is 16.1 Å². The third kappa shape index (κ3) is 4.79. The Bertz CT molecular complexity index is 1680. The first-order valence-corrected chi connectivity index (χ1v) is 12.9. The molecule has 178 valence electrons. The summed E-state index contributed by atoms with van der Waals surface area (Å²) >= 11 is 5.86. The smallest absolute Gasteiger partial charge is 0.273 e. The van der Waals surface area contributed by atoms with Crippen LogP contribution in [0.1, 0.15) is 15.9 Å². The average Bonchev–Trinajstić information content (AvgIpc) is 2.88. The molecule has 0 aromatic heterocycles. The van der Waals surface area contributed by atoms with Gasteiger partial charge in [0.2, 0.25) is 0 Å². The molecule has 0 aliphatic rings. The lowest BCUT2D eigenvalue weighted by atomic mass is 9.97. The van der Waals surface area contributed by atoms with Gasteiger partial charge in [-0.25, -0.2) is 13.8 Å². The quantitative estimate of drug-likeness (QED) is 0.161. The number of hydrazone groups is 1. The third-order valence-corrected chi connectivity index (χ3v) is 7.35. The Labute approximate surface area is 213 Å². The molecule has 36 heavy (non-hydrogen) atoms. The summed E-state index contributed by atoms with van der Waals surface area (Å²) in [5.74, 6) is -0.551. The Morgan fingerprint density at radius 3 is 2.03 bits per heavy atom. The first-order chi connectivity index (χ1) is 17.4. The van der Waals surface area contributed by atoms with Crippen LogP contribution in [0.15, 0.2) is 113 Å². The number of halogens is 1. The van der Waals surface area contributed by atoms with Gasteiger partial charge in [-0.3, -0.25) is 9.52 Å². The fourth-order valence-electron chi connectivity index (χ4n) is 3.99. The van der Waals surface area contributed by atoms with Crippen LogP contribution >= 0.6 is 11.6 Å². The van der Waals surface area contributed by atoms with Crippen molar-refractivity contribution in [2.45, 2.75) is 4.90 Å². The summed E-state index contributed by atoms with van der Waals surface area (Å²) in [5.41, 5.74) is 3.67. The molecule has 0 saturated heterocycles. The van der Waals surface area contributed by atoms with Crippen molar-refractivity contribution in [3.8, 4) is 0 Å². The lowest BCUT2D eigenvalue weighted by Crippen LogP contribution is -2.21. The Morgan fingerprint density at radius 1 is 0.778 bits per heavy atom. The van der Waals surface area contributed by atoms with Crippen LogP contribution in [-0.2, 0) is 10.0 Å². The zero-order valence-corrected chi connectivity index (χ0v) is 20.4. The lowest BCUT2D eigenvalue weighted by molar-refractivity contribution is 0.0956. The maximum atomic E-state index is 13.0. The SMILES string of the molecule is O=C(N/N=C/c1c2ccccc2cc2ccccc12)c1ccccc1NS(=O)(=O)c1ccc(Cl)cc1. The van der Waals surface area contributed by atoms with Crippen LogP contribution in [0.2, 0.25) is 5.02 Å². The largest absolute Gasteiger partial charge is 0.279 e. The second kappa shape index (κ2) is 9.81. The van der Waals surface area contributed by atoms with E-state index in [4.69, 9.17) is 11.6 Å². The van der Waals surface area contributed by atoms with Gasteiger partial charge in [0.15, 0.2) is 0 Å². The van der Waals surface area contributed by atoms with Crippen molar-refractivity contribution in [3.05, 3.63) is 119 Å². The van der Waals surface area contributed by atoms with Gasteiger partial charge in [-0.1, -0.05) is 72.3 Å². The number of amides is 1. The highest BCUT2D eigenvalue weighted by atomic mass is 35.5. The van der Waals surface area contributed by atoms with E-state index in [0.29, 0.717) is 5.02 Å². The van der Waals surface area contributed by atoms with E-state index >= 15 is 0 Å². The summed E-state index contributed by atoms with van der Waals surface area (Å²) in [6.45, 7) is 0. The number of nitrogens with one attached hydrogen (secondary N) is 2. The number of hydrogen-bond donors (Lipinski definition) is 2. The van der Waals surface area contributed by atoms with Gasteiger partial charge in [-0.05, 0) is 64.0 Å². The first kappa shape index (κ1) is 23.5. The average molecular weight is 514 g/mol. The van der Waals surface area contributed by atoms with Crippen LogP contribution in [0.3, 0.4) is 0 Å². The summed E-state index contributed by atoms with van der Waals surface area (Å²) in [6.07, 6.45) is 1.61. The number of nitrogens with zero attached hydrogens (tertiary/aromatic N) is 1. The number of rotatable bonds is 6. The van der Waals surface area contributed by atoms with Crippen molar-refractivity contribution >= 4 is 61.0 Å². The van der Waals surface area contributed by atoms with Crippen LogP contribution < -0.4 is 10.1 Å². The Morgan fingerprint density at radius 2 is 1.36 bits per heavy atom. The maximum absolute atomic E-state index is 13.0. The number of hydrogen-bond acceptors (Lipinski definition) is 4. The van der Waals surface area contributed by atoms with Crippen LogP contribution in [-0.4, -0.2) is 20.5 Å². The number of carbonyl (C=O) groups excluding carboxylic acids is 1.